The maximum Gasteiger partial charge on any atom is 0.371 e. The molecule has 9 heteroatoms. The fourth-order valence-corrected chi connectivity index (χ4v) is 2.54. The van der Waals surface area contributed by atoms with Gasteiger partial charge in [0.15, 0.2) is 5.57 Å². The Balaban J connectivity index is 1.64. The summed E-state index contributed by atoms with van der Waals surface area (Å²) in [4.78, 5) is 34.7. The van der Waals surface area contributed by atoms with E-state index in [0.29, 0.717) is 17.2 Å². The van der Waals surface area contributed by atoms with Gasteiger partial charge in [-0.05, 0) is 42.8 Å². The number of aryl methyl sites for hydroxylation is 1. The summed E-state index contributed by atoms with van der Waals surface area (Å²) in [5.41, 5.74) is 1.18. The molecule has 0 atom stereocenters. The average molecular weight is 401 g/mol. The van der Waals surface area contributed by atoms with Crippen LogP contribution >= 0.6 is 0 Å². The zero-order chi connectivity index (χ0) is 21.2. The van der Waals surface area contributed by atoms with Gasteiger partial charge in [0.2, 0.25) is 5.76 Å². The van der Waals surface area contributed by atoms with Crippen molar-refractivity contribution in [3.05, 3.63) is 59.2 Å². The first-order valence-corrected chi connectivity index (χ1v) is 8.63. The zero-order valence-electron chi connectivity index (χ0n) is 16.0. The number of esters is 2. The van der Waals surface area contributed by atoms with Crippen molar-refractivity contribution in [1.82, 2.24) is 0 Å². The molecule has 0 aliphatic carbocycles. The molecule has 0 amide bonds. The van der Waals surface area contributed by atoms with Crippen LogP contribution in [0.2, 0.25) is 0 Å². The molecule has 1 fully saturated rings. The predicted octanol–water partition coefficient (Wildman–Crippen LogP) is 3.00. The largest absolute Gasteiger partial charge is 0.486 e. The lowest BCUT2D eigenvalue weighted by molar-refractivity contribution is -0.222. The van der Waals surface area contributed by atoms with E-state index in [1.807, 2.05) is 6.92 Å². The number of hydrogen-bond acceptors (Lipinski definition) is 8. The number of hydrogen-bond donors (Lipinski definition) is 2. The SMILES string of the molecule is Cc1cc(OCc2ccc(C(=O)O)o2)ccc1NC=C1C(=O)OC(C)(C)OC1=O. The maximum atomic E-state index is 11.9. The predicted molar refractivity (Wildman–Crippen MR) is 99.1 cm³/mol. The number of ether oxygens (including phenoxy) is 3. The number of carboxylic acids is 1. The van der Waals surface area contributed by atoms with Crippen LogP contribution in [0.15, 0.2) is 46.5 Å². The normalized spacial score (nSPS) is 15.3. The van der Waals surface area contributed by atoms with Gasteiger partial charge in [-0.25, -0.2) is 14.4 Å². The van der Waals surface area contributed by atoms with Crippen LogP contribution in [-0.4, -0.2) is 28.8 Å². The molecule has 152 valence electrons. The van der Waals surface area contributed by atoms with Crippen LogP contribution in [0.3, 0.4) is 0 Å². The Kier molecular flexibility index (Phi) is 5.31. The van der Waals surface area contributed by atoms with Gasteiger partial charge in [0.05, 0.1) is 0 Å². The summed E-state index contributed by atoms with van der Waals surface area (Å²) in [5, 5.41) is 11.7. The van der Waals surface area contributed by atoms with Crippen molar-refractivity contribution in [2.45, 2.75) is 33.2 Å². The molecule has 1 aliphatic heterocycles. The maximum absolute atomic E-state index is 11.9. The Morgan fingerprint density at radius 2 is 1.86 bits per heavy atom. The van der Waals surface area contributed by atoms with Crippen molar-refractivity contribution in [3.63, 3.8) is 0 Å². The molecule has 1 aromatic carbocycles. The van der Waals surface area contributed by atoms with Crippen LogP contribution in [0.1, 0.15) is 35.7 Å². The van der Waals surface area contributed by atoms with Gasteiger partial charge < -0.3 is 29.1 Å². The quantitative estimate of drug-likeness (QED) is 0.427. The molecule has 0 unspecified atom stereocenters. The molecule has 1 aliphatic rings. The number of carbonyl (C=O) groups excluding carboxylic acids is 2. The first-order chi connectivity index (χ1) is 13.6. The van der Waals surface area contributed by atoms with E-state index in [4.69, 9.17) is 23.7 Å². The monoisotopic (exact) mass is 401 g/mol. The summed E-state index contributed by atoms with van der Waals surface area (Å²) in [6, 6.07) is 8.01. The second kappa shape index (κ2) is 7.70. The van der Waals surface area contributed by atoms with Crippen molar-refractivity contribution in [3.8, 4) is 5.75 Å². The van der Waals surface area contributed by atoms with Crippen LogP contribution in [0.4, 0.5) is 5.69 Å². The first-order valence-electron chi connectivity index (χ1n) is 8.63. The minimum Gasteiger partial charge on any atom is -0.486 e. The third kappa shape index (κ3) is 4.75. The van der Waals surface area contributed by atoms with Gasteiger partial charge in [-0.2, -0.15) is 0 Å². The summed E-state index contributed by atoms with van der Waals surface area (Å²) in [6.07, 6.45) is 1.24. The number of carbonyl (C=O) groups is 3. The lowest BCUT2D eigenvalue weighted by Crippen LogP contribution is -2.42. The highest BCUT2D eigenvalue weighted by Crippen LogP contribution is 2.25. The number of anilines is 1. The molecule has 3 rings (SSSR count). The third-order valence-corrected chi connectivity index (χ3v) is 3.94. The van der Waals surface area contributed by atoms with E-state index in [0.717, 1.165) is 5.56 Å². The van der Waals surface area contributed by atoms with Crippen LogP contribution in [0.5, 0.6) is 5.75 Å². The number of aromatic carboxylic acids is 1. The molecule has 1 saturated heterocycles. The Labute approximate surface area is 165 Å². The molecular weight excluding hydrogens is 382 g/mol. The van der Waals surface area contributed by atoms with E-state index in [-0.39, 0.29) is 17.9 Å². The lowest BCUT2D eigenvalue weighted by atomic mass is 10.2. The minimum absolute atomic E-state index is 0.0665. The number of nitrogens with one attached hydrogen (secondary N) is 1. The van der Waals surface area contributed by atoms with Gasteiger partial charge in [-0.3, -0.25) is 0 Å². The van der Waals surface area contributed by atoms with E-state index in [1.54, 1.807) is 18.2 Å². The lowest BCUT2D eigenvalue weighted by Gasteiger charge is -2.29. The number of rotatable bonds is 6. The van der Waals surface area contributed by atoms with Gasteiger partial charge in [0.25, 0.3) is 5.79 Å². The van der Waals surface area contributed by atoms with Crippen LogP contribution in [0.25, 0.3) is 0 Å². The molecule has 9 nitrogen and oxygen atoms in total. The van der Waals surface area contributed by atoms with E-state index in [1.165, 1.54) is 32.2 Å². The molecule has 0 saturated carbocycles. The molecule has 2 N–H and O–H groups in total. The molecule has 0 radical (unpaired) electrons. The number of cyclic esters (lactones) is 2. The fraction of sp³-hybridized carbons (Fsp3) is 0.250. The third-order valence-electron chi connectivity index (χ3n) is 3.94. The van der Waals surface area contributed by atoms with Crippen molar-refractivity contribution in [2.75, 3.05) is 5.32 Å². The number of benzene rings is 1. The van der Waals surface area contributed by atoms with Gasteiger partial charge in [-0.15, -0.1) is 0 Å². The smallest absolute Gasteiger partial charge is 0.371 e. The standard InChI is InChI=1S/C20H19NO8/c1-11-8-12(26-10-13-5-7-16(27-13)17(22)23)4-6-15(11)21-9-14-18(24)28-20(2,3)29-19(14)25/h4-9,21H,10H2,1-3H3,(H,22,23). The summed E-state index contributed by atoms with van der Waals surface area (Å²) < 4.78 is 20.8. The zero-order valence-corrected chi connectivity index (χ0v) is 16.0. The van der Waals surface area contributed by atoms with E-state index >= 15 is 0 Å². The molecule has 2 heterocycles. The highest BCUT2D eigenvalue weighted by Gasteiger charge is 2.38. The second-order valence-electron chi connectivity index (χ2n) is 6.72. The Hall–Kier alpha value is -3.75. The molecule has 0 bridgehead atoms. The number of furan rings is 1. The number of carboxylic acid groups (broad SMARTS) is 1. The van der Waals surface area contributed by atoms with Gasteiger partial charge >= 0.3 is 17.9 Å². The van der Waals surface area contributed by atoms with Crippen molar-refractivity contribution >= 4 is 23.6 Å². The van der Waals surface area contributed by atoms with Crippen LogP contribution in [-0.2, 0) is 25.7 Å². The van der Waals surface area contributed by atoms with Crippen LogP contribution in [0, 0.1) is 6.92 Å². The Morgan fingerprint density at radius 1 is 1.17 bits per heavy atom. The van der Waals surface area contributed by atoms with Gasteiger partial charge in [-0.1, -0.05) is 0 Å². The summed E-state index contributed by atoms with van der Waals surface area (Å²) in [6.45, 7) is 4.82. The van der Waals surface area contributed by atoms with Crippen molar-refractivity contribution in [1.29, 1.82) is 0 Å². The second-order valence-corrected chi connectivity index (χ2v) is 6.72. The average Bonchev–Trinajstić information content (AvgIpc) is 3.09. The van der Waals surface area contributed by atoms with Crippen molar-refractivity contribution in [2.24, 2.45) is 0 Å². The van der Waals surface area contributed by atoms with Crippen LogP contribution < -0.4 is 10.1 Å². The van der Waals surface area contributed by atoms with E-state index < -0.39 is 23.7 Å². The highest BCUT2D eigenvalue weighted by molar-refractivity contribution is 6.15. The molecular formula is C20H19NO8. The summed E-state index contributed by atoms with van der Waals surface area (Å²) in [7, 11) is 0. The summed E-state index contributed by atoms with van der Waals surface area (Å²) in [5.74, 6) is -3.22. The summed E-state index contributed by atoms with van der Waals surface area (Å²) >= 11 is 0. The fourth-order valence-electron chi connectivity index (χ4n) is 2.54. The molecule has 0 spiro atoms. The Bertz CT molecular complexity index is 980. The van der Waals surface area contributed by atoms with E-state index in [2.05, 4.69) is 5.32 Å². The first kappa shape index (κ1) is 20.0. The van der Waals surface area contributed by atoms with Gasteiger partial charge in [0, 0.05) is 25.7 Å². The van der Waals surface area contributed by atoms with Gasteiger partial charge in [0.1, 0.15) is 18.1 Å². The van der Waals surface area contributed by atoms with Crippen molar-refractivity contribution < 1.29 is 38.1 Å². The topological polar surface area (TPSA) is 124 Å². The Morgan fingerprint density at radius 3 is 2.45 bits per heavy atom. The molecule has 2 aromatic rings. The van der Waals surface area contributed by atoms with E-state index in [9.17, 15) is 14.4 Å². The minimum atomic E-state index is -1.29. The molecule has 1 aromatic heterocycles. The highest BCUT2D eigenvalue weighted by atomic mass is 16.7. The molecule has 29 heavy (non-hydrogen) atoms.